The highest BCUT2D eigenvalue weighted by atomic mass is 16.6. The Morgan fingerprint density at radius 3 is 2.48 bits per heavy atom. The minimum atomic E-state index is 0.615. The predicted octanol–water partition coefficient (Wildman–Crippen LogP) is 2.71. The number of rotatable bonds is 2. The largest absolute Gasteiger partial charge is 0.486 e. The van der Waals surface area contributed by atoms with E-state index in [0.29, 0.717) is 13.2 Å². The van der Waals surface area contributed by atoms with Crippen LogP contribution in [0.5, 0.6) is 11.5 Å². The Balaban J connectivity index is 1.58. The first-order valence-electron chi connectivity index (χ1n) is 7.89. The van der Waals surface area contributed by atoms with Crippen molar-refractivity contribution >= 4 is 11.0 Å². The number of hydrogen-bond acceptors (Lipinski definition) is 4. The molecule has 1 fully saturated rings. The van der Waals surface area contributed by atoms with Crippen LogP contribution in [0.3, 0.4) is 0 Å². The van der Waals surface area contributed by atoms with E-state index in [-0.39, 0.29) is 0 Å². The van der Waals surface area contributed by atoms with Crippen LogP contribution in [0.15, 0.2) is 12.1 Å². The highest BCUT2D eigenvalue weighted by Crippen LogP contribution is 2.33. The van der Waals surface area contributed by atoms with Crippen LogP contribution >= 0.6 is 0 Å². The molecule has 2 aliphatic heterocycles. The lowest BCUT2D eigenvalue weighted by Gasteiger charge is -2.17. The zero-order chi connectivity index (χ0) is 14.1. The third-order valence-electron chi connectivity index (χ3n) is 4.27. The van der Waals surface area contributed by atoms with Gasteiger partial charge in [-0.05, 0) is 25.9 Å². The van der Waals surface area contributed by atoms with Gasteiger partial charge >= 0.3 is 0 Å². The summed E-state index contributed by atoms with van der Waals surface area (Å²) < 4.78 is 11.2. The van der Waals surface area contributed by atoms with E-state index in [1.54, 1.807) is 0 Å². The van der Waals surface area contributed by atoms with Crippen LogP contribution in [0.2, 0.25) is 0 Å². The molecule has 0 aliphatic carbocycles. The predicted molar refractivity (Wildman–Crippen MR) is 80.8 cm³/mol. The zero-order valence-electron chi connectivity index (χ0n) is 12.2. The van der Waals surface area contributed by atoms with Crippen molar-refractivity contribution in [3.05, 3.63) is 18.0 Å². The standard InChI is InChI=1S/C16H21N3O2/c1-2-4-6-19(5-3-1)11-16-17-12-9-14-15(10-13(12)18-16)21-8-7-20-14/h9-10H,1-8,11H2,(H,17,18). The number of fused-ring (bicyclic) bond motifs is 2. The molecule has 0 unspecified atom stereocenters. The van der Waals surface area contributed by atoms with Gasteiger partial charge in [-0.1, -0.05) is 12.8 Å². The number of aromatic amines is 1. The van der Waals surface area contributed by atoms with E-state index in [0.717, 1.165) is 34.9 Å². The summed E-state index contributed by atoms with van der Waals surface area (Å²) in [5, 5.41) is 0. The minimum Gasteiger partial charge on any atom is -0.486 e. The maximum atomic E-state index is 5.62. The van der Waals surface area contributed by atoms with Crippen LogP contribution < -0.4 is 9.47 Å². The molecule has 1 aromatic carbocycles. The highest BCUT2D eigenvalue weighted by molar-refractivity contribution is 5.79. The van der Waals surface area contributed by atoms with Gasteiger partial charge in [0.25, 0.3) is 0 Å². The van der Waals surface area contributed by atoms with Gasteiger partial charge in [-0.2, -0.15) is 0 Å². The van der Waals surface area contributed by atoms with E-state index >= 15 is 0 Å². The molecule has 3 heterocycles. The van der Waals surface area contributed by atoms with Gasteiger partial charge in [0.1, 0.15) is 19.0 Å². The van der Waals surface area contributed by atoms with Crippen LogP contribution in [-0.2, 0) is 6.54 Å². The Morgan fingerprint density at radius 2 is 1.71 bits per heavy atom. The quantitative estimate of drug-likeness (QED) is 0.922. The van der Waals surface area contributed by atoms with Gasteiger partial charge in [-0.15, -0.1) is 0 Å². The lowest BCUT2D eigenvalue weighted by molar-refractivity contribution is 0.172. The van der Waals surface area contributed by atoms with Crippen LogP contribution in [-0.4, -0.2) is 41.2 Å². The molecule has 21 heavy (non-hydrogen) atoms. The summed E-state index contributed by atoms with van der Waals surface area (Å²) in [6, 6.07) is 3.98. The van der Waals surface area contributed by atoms with Gasteiger partial charge in [-0.3, -0.25) is 4.90 Å². The molecule has 0 amide bonds. The van der Waals surface area contributed by atoms with Gasteiger partial charge in [0.2, 0.25) is 0 Å². The van der Waals surface area contributed by atoms with Crippen LogP contribution in [0.4, 0.5) is 0 Å². The first-order valence-corrected chi connectivity index (χ1v) is 7.89. The molecule has 5 heteroatoms. The Morgan fingerprint density at radius 1 is 1.00 bits per heavy atom. The molecule has 4 rings (SSSR count). The fourth-order valence-corrected chi connectivity index (χ4v) is 3.18. The lowest BCUT2D eigenvalue weighted by Crippen LogP contribution is -2.24. The molecule has 1 aromatic heterocycles. The van der Waals surface area contributed by atoms with Gasteiger partial charge in [0.15, 0.2) is 11.5 Å². The molecule has 112 valence electrons. The lowest BCUT2D eigenvalue weighted by atomic mass is 10.2. The third-order valence-corrected chi connectivity index (χ3v) is 4.27. The van der Waals surface area contributed by atoms with Crippen molar-refractivity contribution in [2.75, 3.05) is 26.3 Å². The topological polar surface area (TPSA) is 50.4 Å². The van der Waals surface area contributed by atoms with E-state index in [4.69, 9.17) is 14.5 Å². The molecular weight excluding hydrogens is 266 g/mol. The summed E-state index contributed by atoms with van der Waals surface area (Å²) in [6.07, 6.45) is 5.32. The molecule has 0 radical (unpaired) electrons. The van der Waals surface area contributed by atoms with Crippen LogP contribution in [0, 0.1) is 0 Å². The molecule has 0 atom stereocenters. The van der Waals surface area contributed by atoms with Gasteiger partial charge in [-0.25, -0.2) is 4.98 Å². The molecular formula is C16H21N3O2. The third kappa shape index (κ3) is 2.70. The summed E-state index contributed by atoms with van der Waals surface area (Å²) in [6.45, 7) is 4.50. The molecule has 2 aliphatic rings. The summed E-state index contributed by atoms with van der Waals surface area (Å²) in [5.41, 5.74) is 1.99. The Hall–Kier alpha value is -1.75. The molecule has 0 saturated carbocycles. The number of nitrogens with zero attached hydrogens (tertiary/aromatic N) is 2. The first-order chi connectivity index (χ1) is 10.4. The van der Waals surface area contributed by atoms with Crippen molar-refractivity contribution < 1.29 is 9.47 Å². The molecule has 1 N–H and O–H groups in total. The molecule has 2 aromatic rings. The Bertz CT molecular complexity index is 587. The molecule has 5 nitrogen and oxygen atoms in total. The number of hydrogen-bond donors (Lipinski definition) is 1. The average molecular weight is 287 g/mol. The Kier molecular flexibility index (Phi) is 3.43. The van der Waals surface area contributed by atoms with E-state index in [9.17, 15) is 0 Å². The summed E-state index contributed by atoms with van der Waals surface area (Å²) in [5.74, 6) is 2.66. The zero-order valence-corrected chi connectivity index (χ0v) is 12.2. The number of aromatic nitrogens is 2. The van der Waals surface area contributed by atoms with E-state index in [1.165, 1.54) is 38.8 Å². The van der Waals surface area contributed by atoms with Crippen molar-refractivity contribution in [2.45, 2.75) is 32.2 Å². The second-order valence-electron chi connectivity index (χ2n) is 5.89. The molecule has 0 bridgehead atoms. The van der Waals surface area contributed by atoms with Gasteiger partial charge in [0.05, 0.1) is 17.6 Å². The number of H-pyrrole nitrogens is 1. The van der Waals surface area contributed by atoms with E-state index < -0.39 is 0 Å². The van der Waals surface area contributed by atoms with Crippen molar-refractivity contribution in [1.29, 1.82) is 0 Å². The first kappa shape index (κ1) is 13.0. The normalized spacial score (nSPS) is 19.6. The number of nitrogens with one attached hydrogen (secondary N) is 1. The maximum absolute atomic E-state index is 5.62. The number of ether oxygens (including phenoxy) is 2. The smallest absolute Gasteiger partial charge is 0.163 e. The Labute approximate surface area is 124 Å². The van der Waals surface area contributed by atoms with Gasteiger partial charge < -0.3 is 14.5 Å². The number of benzene rings is 1. The second kappa shape index (κ2) is 5.56. The van der Waals surface area contributed by atoms with Gasteiger partial charge in [0, 0.05) is 12.1 Å². The summed E-state index contributed by atoms with van der Waals surface area (Å²) >= 11 is 0. The second-order valence-corrected chi connectivity index (χ2v) is 5.89. The fourth-order valence-electron chi connectivity index (χ4n) is 3.18. The molecule has 0 spiro atoms. The summed E-state index contributed by atoms with van der Waals surface area (Å²) in [4.78, 5) is 10.6. The monoisotopic (exact) mass is 287 g/mol. The minimum absolute atomic E-state index is 0.615. The van der Waals surface area contributed by atoms with Crippen LogP contribution in [0.25, 0.3) is 11.0 Å². The van der Waals surface area contributed by atoms with E-state index in [1.807, 2.05) is 12.1 Å². The number of imidazole rings is 1. The van der Waals surface area contributed by atoms with Crippen LogP contribution in [0.1, 0.15) is 31.5 Å². The summed E-state index contributed by atoms with van der Waals surface area (Å²) in [7, 11) is 0. The SMILES string of the molecule is c1c2c(cc3[nH]c(CN4CCCCCC4)nc13)OCCO2. The average Bonchev–Trinajstić information content (AvgIpc) is 2.70. The number of likely N-dealkylation sites (tertiary alicyclic amines) is 1. The van der Waals surface area contributed by atoms with E-state index in [2.05, 4.69) is 9.88 Å². The van der Waals surface area contributed by atoms with Crippen molar-refractivity contribution in [2.24, 2.45) is 0 Å². The maximum Gasteiger partial charge on any atom is 0.163 e. The van der Waals surface area contributed by atoms with Crippen molar-refractivity contribution in [3.63, 3.8) is 0 Å². The molecule has 1 saturated heterocycles. The fraction of sp³-hybridized carbons (Fsp3) is 0.562. The van der Waals surface area contributed by atoms with Crippen molar-refractivity contribution in [3.8, 4) is 11.5 Å². The highest BCUT2D eigenvalue weighted by Gasteiger charge is 2.16. The van der Waals surface area contributed by atoms with Crippen molar-refractivity contribution in [1.82, 2.24) is 14.9 Å².